The topological polar surface area (TPSA) is 161 Å². The predicted molar refractivity (Wildman–Crippen MR) is 42.7 cm³/mol. The highest BCUT2D eigenvalue weighted by atomic mass is 31.2. The third-order valence-corrected chi connectivity index (χ3v) is 5.73. The summed E-state index contributed by atoms with van der Waals surface area (Å²) in [6.07, 6.45) is -2.03. The summed E-state index contributed by atoms with van der Waals surface area (Å²) in [5.41, 5.74) is 4.82. The smallest absolute Gasteiger partial charge is 0.360 e. The molecule has 0 saturated carbocycles. The molecule has 0 aliphatic rings. The van der Waals surface area contributed by atoms with Crippen LogP contribution >= 0.6 is 15.2 Å². The fraction of sp³-hybridized carbons (Fsp3) is 1.00. The van der Waals surface area contributed by atoms with Crippen molar-refractivity contribution in [2.45, 2.75) is 18.0 Å². The monoisotopic (exact) mass is 235 g/mol. The highest BCUT2D eigenvalue weighted by Crippen LogP contribution is 2.67. The molecule has 13 heavy (non-hydrogen) atoms. The van der Waals surface area contributed by atoms with Gasteiger partial charge in [-0.25, -0.2) is 0 Å². The van der Waals surface area contributed by atoms with E-state index in [2.05, 4.69) is 0 Å². The molecule has 1 unspecified atom stereocenters. The van der Waals surface area contributed by atoms with Gasteiger partial charge in [-0.3, -0.25) is 9.13 Å². The summed E-state index contributed by atoms with van der Waals surface area (Å²) < 4.78 is 21.3. The van der Waals surface area contributed by atoms with Crippen molar-refractivity contribution in [1.29, 1.82) is 0 Å². The number of aliphatic hydroxyl groups is 1. The van der Waals surface area contributed by atoms with Gasteiger partial charge >= 0.3 is 15.2 Å². The Bertz CT molecular complexity index is 253. The van der Waals surface area contributed by atoms with E-state index in [1.165, 1.54) is 0 Å². The molecule has 0 amide bonds. The van der Waals surface area contributed by atoms with E-state index in [1.54, 1.807) is 0 Å². The minimum absolute atomic E-state index is 0.790. The number of hydrogen-bond acceptors (Lipinski definition) is 4. The van der Waals surface area contributed by atoms with Crippen LogP contribution in [-0.2, 0) is 9.13 Å². The van der Waals surface area contributed by atoms with E-state index in [0.29, 0.717) is 0 Å². The van der Waals surface area contributed by atoms with Crippen molar-refractivity contribution in [3.63, 3.8) is 0 Å². The Morgan fingerprint density at radius 3 is 1.38 bits per heavy atom. The standard InChI is InChI=1S/C3H11NO7P2/c1-2(5)3(4,12(6,7)8)13(9,10)11/h2,5H,4H2,1H3,(H2,6,7,8)(H2,9,10,11). The minimum Gasteiger partial charge on any atom is -0.390 e. The van der Waals surface area contributed by atoms with Gasteiger partial charge in [-0.15, -0.1) is 0 Å². The maximum absolute atomic E-state index is 10.7. The maximum atomic E-state index is 10.7. The van der Waals surface area contributed by atoms with E-state index in [9.17, 15) is 9.13 Å². The summed E-state index contributed by atoms with van der Waals surface area (Å²) in [6, 6.07) is 0. The summed E-state index contributed by atoms with van der Waals surface area (Å²) in [6.45, 7) is 0.790. The molecule has 0 fully saturated rings. The Morgan fingerprint density at radius 2 is 1.38 bits per heavy atom. The molecule has 0 bridgehead atoms. The fourth-order valence-electron chi connectivity index (χ4n) is 0.656. The van der Waals surface area contributed by atoms with E-state index < -0.39 is 26.3 Å². The molecule has 0 radical (unpaired) electrons. The Balaban J connectivity index is 5.50. The van der Waals surface area contributed by atoms with Crippen LogP contribution in [0.15, 0.2) is 0 Å². The van der Waals surface area contributed by atoms with Gasteiger partial charge in [0.2, 0.25) is 5.02 Å². The second-order valence-electron chi connectivity index (χ2n) is 2.55. The molecule has 1 atom stereocenters. The quantitative estimate of drug-likeness (QED) is 0.316. The first-order valence-corrected chi connectivity index (χ1v) is 6.25. The van der Waals surface area contributed by atoms with Crippen molar-refractivity contribution in [3.8, 4) is 0 Å². The third kappa shape index (κ3) is 2.18. The lowest BCUT2D eigenvalue weighted by atomic mass is 10.4. The number of aliphatic hydroxyl groups excluding tert-OH is 1. The van der Waals surface area contributed by atoms with Crippen LogP contribution in [0.3, 0.4) is 0 Å². The average molecular weight is 235 g/mol. The minimum atomic E-state index is -5.30. The predicted octanol–water partition coefficient (Wildman–Crippen LogP) is -1.66. The van der Waals surface area contributed by atoms with Gasteiger partial charge in [0.05, 0.1) is 6.10 Å². The maximum Gasteiger partial charge on any atom is 0.360 e. The van der Waals surface area contributed by atoms with E-state index in [-0.39, 0.29) is 0 Å². The van der Waals surface area contributed by atoms with E-state index in [4.69, 9.17) is 30.4 Å². The van der Waals surface area contributed by atoms with Crippen LogP contribution in [0.5, 0.6) is 0 Å². The van der Waals surface area contributed by atoms with Crippen molar-refractivity contribution < 1.29 is 33.8 Å². The molecular formula is C3H11NO7P2. The molecule has 8 nitrogen and oxygen atoms in total. The SMILES string of the molecule is CC(O)C(N)(P(=O)(O)O)P(=O)(O)O. The first-order chi connectivity index (χ1) is 5.44. The normalized spacial score (nSPS) is 17.2. The Hall–Kier alpha value is 0.220. The molecule has 10 heteroatoms. The zero-order chi connectivity index (χ0) is 11.1. The largest absolute Gasteiger partial charge is 0.390 e. The third-order valence-electron chi connectivity index (χ3n) is 1.55. The van der Waals surface area contributed by atoms with Crippen molar-refractivity contribution in [2.24, 2.45) is 5.73 Å². The van der Waals surface area contributed by atoms with Crippen LogP contribution in [-0.4, -0.2) is 35.8 Å². The van der Waals surface area contributed by atoms with Gasteiger partial charge in [-0.2, -0.15) is 0 Å². The molecule has 0 spiro atoms. The fourth-order valence-corrected chi connectivity index (χ4v) is 2.99. The Morgan fingerprint density at radius 1 is 1.15 bits per heavy atom. The molecule has 7 N–H and O–H groups in total. The van der Waals surface area contributed by atoms with E-state index in [0.717, 1.165) is 6.92 Å². The molecular weight excluding hydrogens is 224 g/mol. The van der Waals surface area contributed by atoms with Crippen molar-refractivity contribution in [1.82, 2.24) is 0 Å². The average Bonchev–Trinajstić information content (AvgIpc) is 1.80. The Labute approximate surface area is 73.7 Å². The summed E-state index contributed by atoms with van der Waals surface area (Å²) in [4.78, 5) is 34.3. The van der Waals surface area contributed by atoms with Crippen molar-refractivity contribution >= 4 is 15.2 Å². The van der Waals surface area contributed by atoms with E-state index >= 15 is 0 Å². The lowest BCUT2D eigenvalue weighted by molar-refractivity contribution is 0.144. The second kappa shape index (κ2) is 3.42. The van der Waals surface area contributed by atoms with Crippen LogP contribution < -0.4 is 5.73 Å². The van der Waals surface area contributed by atoms with Gasteiger partial charge in [0, 0.05) is 0 Å². The van der Waals surface area contributed by atoms with Gasteiger partial charge in [-0.1, -0.05) is 0 Å². The lowest BCUT2D eigenvalue weighted by Gasteiger charge is -2.32. The van der Waals surface area contributed by atoms with Gasteiger partial charge in [-0.05, 0) is 6.92 Å². The molecule has 0 aliphatic heterocycles. The second-order valence-corrected chi connectivity index (χ2v) is 6.56. The summed E-state index contributed by atoms with van der Waals surface area (Å²) in [5.74, 6) is 0. The summed E-state index contributed by atoms with van der Waals surface area (Å²) in [5, 5.41) is 5.60. The molecule has 0 heterocycles. The number of nitrogens with two attached hydrogens (primary N) is 1. The van der Waals surface area contributed by atoms with E-state index in [1.807, 2.05) is 0 Å². The summed E-state index contributed by atoms with van der Waals surface area (Å²) >= 11 is 0. The van der Waals surface area contributed by atoms with Gasteiger partial charge in [0.15, 0.2) is 0 Å². The number of rotatable bonds is 3. The van der Waals surface area contributed by atoms with Gasteiger partial charge < -0.3 is 30.4 Å². The number of hydrogen-bond donors (Lipinski definition) is 6. The molecule has 0 aromatic heterocycles. The Kier molecular flexibility index (Phi) is 3.47. The van der Waals surface area contributed by atoms with Crippen LogP contribution in [0.2, 0.25) is 0 Å². The van der Waals surface area contributed by atoms with Crippen LogP contribution in [0.1, 0.15) is 6.92 Å². The summed E-state index contributed by atoms with van der Waals surface area (Å²) in [7, 11) is -10.6. The molecule has 0 rings (SSSR count). The van der Waals surface area contributed by atoms with Crippen molar-refractivity contribution in [2.75, 3.05) is 0 Å². The zero-order valence-electron chi connectivity index (χ0n) is 6.60. The highest BCUT2D eigenvalue weighted by Gasteiger charge is 2.60. The highest BCUT2D eigenvalue weighted by molar-refractivity contribution is 7.72. The van der Waals surface area contributed by atoms with Gasteiger partial charge in [0.25, 0.3) is 0 Å². The molecule has 80 valence electrons. The zero-order valence-corrected chi connectivity index (χ0v) is 8.39. The molecule has 0 aliphatic carbocycles. The van der Waals surface area contributed by atoms with Crippen LogP contribution in [0.4, 0.5) is 0 Å². The first-order valence-electron chi connectivity index (χ1n) is 3.03. The molecule has 0 aromatic carbocycles. The molecule has 0 saturated heterocycles. The van der Waals surface area contributed by atoms with Crippen molar-refractivity contribution in [3.05, 3.63) is 0 Å². The molecule has 0 aromatic rings. The van der Waals surface area contributed by atoms with Crippen LogP contribution in [0.25, 0.3) is 0 Å². The van der Waals surface area contributed by atoms with Gasteiger partial charge in [0.1, 0.15) is 0 Å². The lowest BCUT2D eigenvalue weighted by Crippen LogP contribution is -2.48. The van der Waals surface area contributed by atoms with Crippen LogP contribution in [0, 0.1) is 0 Å². The first kappa shape index (κ1) is 13.2.